The Labute approximate surface area is 50.9 Å². The molecular formula is C4H12FNS. The first-order chi connectivity index (χ1) is 2.81. The number of hydrogen-bond donors (Lipinski definition) is 0. The van der Waals surface area contributed by atoms with E-state index >= 15 is 0 Å². The number of hydrogen-bond acceptors (Lipinski definition) is 1. The molecule has 0 saturated heterocycles. The van der Waals surface area contributed by atoms with Crippen LogP contribution in [-0.2, 0) is 0 Å². The molecule has 0 unspecified atom stereocenters. The van der Waals surface area contributed by atoms with Crippen LogP contribution >= 0.6 is 13.5 Å². The highest BCUT2D eigenvalue weighted by atomic mass is 32.1. The molecule has 0 atom stereocenters. The molecule has 0 spiro atoms. The number of rotatable bonds is 2. The van der Waals surface area contributed by atoms with E-state index < -0.39 is 0 Å². The van der Waals surface area contributed by atoms with E-state index in [1.54, 1.807) is 13.8 Å². The van der Waals surface area contributed by atoms with Crippen molar-refractivity contribution in [3.63, 3.8) is 0 Å². The maximum absolute atomic E-state index is 11.7. The third-order valence-electron chi connectivity index (χ3n) is 0.686. The first-order valence-corrected chi connectivity index (χ1v) is 2.22. The summed E-state index contributed by atoms with van der Waals surface area (Å²) >= 11 is 0. The third kappa shape index (κ3) is 6.24. The molecule has 0 aliphatic rings. The van der Waals surface area contributed by atoms with Crippen molar-refractivity contribution >= 4 is 13.5 Å². The fourth-order valence-corrected chi connectivity index (χ4v) is 0.224. The van der Waals surface area contributed by atoms with Crippen LogP contribution in [-0.4, -0.2) is 18.2 Å². The lowest BCUT2D eigenvalue weighted by Gasteiger charge is -2.00. The first kappa shape index (κ1) is 10.3. The molecule has 0 rings (SSSR count). The zero-order valence-electron chi connectivity index (χ0n) is 4.74. The summed E-state index contributed by atoms with van der Waals surface area (Å²) in [5.74, 6) is 0. The topological polar surface area (TPSA) is 3.24 Å². The average molecular weight is 125 g/mol. The quantitative estimate of drug-likeness (QED) is 0.503. The normalized spacial score (nSPS) is 8.57. The average Bonchev–Trinajstić information content (AvgIpc) is 1.65. The minimum atomic E-state index is 0. The SMILES string of the molecule is CCN(F)CC.S. The van der Waals surface area contributed by atoms with Crippen molar-refractivity contribution < 1.29 is 4.48 Å². The van der Waals surface area contributed by atoms with E-state index in [4.69, 9.17) is 0 Å². The van der Waals surface area contributed by atoms with Crippen LogP contribution in [0.2, 0.25) is 0 Å². The van der Waals surface area contributed by atoms with E-state index in [1.807, 2.05) is 0 Å². The second kappa shape index (κ2) is 6.24. The molecule has 0 N–H and O–H groups in total. The molecule has 0 aliphatic carbocycles. The molecule has 0 aromatic carbocycles. The van der Waals surface area contributed by atoms with Gasteiger partial charge >= 0.3 is 0 Å². The van der Waals surface area contributed by atoms with Gasteiger partial charge in [-0.2, -0.15) is 13.5 Å². The Bertz CT molecular complexity index is 30.9. The fraction of sp³-hybridized carbons (Fsp3) is 1.00. The first-order valence-electron chi connectivity index (χ1n) is 2.22. The lowest BCUT2D eigenvalue weighted by atomic mass is 10.7. The van der Waals surface area contributed by atoms with Gasteiger partial charge < -0.3 is 0 Å². The maximum atomic E-state index is 11.7. The smallest absolute Gasteiger partial charge is 0.0261 e. The zero-order chi connectivity index (χ0) is 4.99. The molecule has 0 aromatic heterocycles. The number of nitrogens with zero attached hydrogens (tertiary/aromatic N) is 1. The van der Waals surface area contributed by atoms with Gasteiger partial charge in [-0.15, -0.1) is 9.60 Å². The number of halogens is 1. The van der Waals surface area contributed by atoms with Gasteiger partial charge in [0.25, 0.3) is 0 Å². The Morgan fingerprint density at radius 3 is 1.57 bits per heavy atom. The van der Waals surface area contributed by atoms with Gasteiger partial charge in [-0.05, 0) is 13.8 Å². The van der Waals surface area contributed by atoms with Gasteiger partial charge in [0.15, 0.2) is 0 Å². The van der Waals surface area contributed by atoms with Gasteiger partial charge in [-0.1, -0.05) is 0 Å². The molecule has 0 amide bonds. The highest BCUT2D eigenvalue weighted by Gasteiger charge is 1.87. The summed E-state index contributed by atoms with van der Waals surface area (Å²) in [6.45, 7) is 4.56. The highest BCUT2D eigenvalue weighted by molar-refractivity contribution is 7.59. The Morgan fingerprint density at radius 1 is 1.29 bits per heavy atom. The van der Waals surface area contributed by atoms with Gasteiger partial charge in [0.2, 0.25) is 0 Å². The van der Waals surface area contributed by atoms with Crippen LogP contribution in [0, 0.1) is 0 Å². The van der Waals surface area contributed by atoms with Crippen LogP contribution in [0.25, 0.3) is 0 Å². The largest absolute Gasteiger partial charge is 0.197 e. The Kier molecular flexibility index (Phi) is 9.15. The van der Waals surface area contributed by atoms with Crippen molar-refractivity contribution in [2.24, 2.45) is 0 Å². The Morgan fingerprint density at radius 2 is 1.57 bits per heavy atom. The summed E-state index contributed by atoms with van der Waals surface area (Å²) in [6.07, 6.45) is 0. The monoisotopic (exact) mass is 125 g/mol. The Hall–Kier alpha value is 0.240. The molecular weight excluding hydrogens is 113 g/mol. The van der Waals surface area contributed by atoms with Crippen molar-refractivity contribution in [1.82, 2.24) is 5.12 Å². The van der Waals surface area contributed by atoms with Crippen molar-refractivity contribution in [2.75, 3.05) is 13.1 Å². The van der Waals surface area contributed by atoms with E-state index in [2.05, 4.69) is 0 Å². The van der Waals surface area contributed by atoms with Crippen LogP contribution in [0.4, 0.5) is 4.48 Å². The third-order valence-corrected chi connectivity index (χ3v) is 0.686. The molecule has 46 valence electrons. The van der Waals surface area contributed by atoms with Crippen molar-refractivity contribution in [1.29, 1.82) is 0 Å². The molecule has 0 bridgehead atoms. The summed E-state index contributed by atoms with van der Waals surface area (Å²) < 4.78 is 11.7. The standard InChI is InChI=1S/C4H10FN.H2S/c1-3-6(5)4-2;/h3-4H2,1-2H3;1H2. The van der Waals surface area contributed by atoms with Gasteiger partial charge in [-0.3, -0.25) is 0 Å². The molecule has 0 radical (unpaired) electrons. The molecule has 0 saturated carbocycles. The maximum Gasteiger partial charge on any atom is 0.0261 e. The predicted octanol–water partition coefficient (Wildman–Crippen LogP) is 1.33. The van der Waals surface area contributed by atoms with Crippen molar-refractivity contribution in [3.8, 4) is 0 Å². The lowest BCUT2D eigenvalue weighted by molar-refractivity contribution is 0.0389. The van der Waals surface area contributed by atoms with E-state index in [0.29, 0.717) is 13.1 Å². The van der Waals surface area contributed by atoms with Gasteiger partial charge in [-0.25, -0.2) is 0 Å². The van der Waals surface area contributed by atoms with Gasteiger partial charge in [0.1, 0.15) is 0 Å². The minimum Gasteiger partial charge on any atom is -0.197 e. The zero-order valence-corrected chi connectivity index (χ0v) is 5.74. The minimum absolute atomic E-state index is 0. The van der Waals surface area contributed by atoms with Gasteiger partial charge in [0.05, 0.1) is 0 Å². The van der Waals surface area contributed by atoms with Crippen molar-refractivity contribution in [2.45, 2.75) is 13.8 Å². The lowest BCUT2D eigenvalue weighted by Crippen LogP contribution is -2.10. The summed E-state index contributed by atoms with van der Waals surface area (Å²) in [5, 5.41) is 0.750. The second-order valence-electron chi connectivity index (χ2n) is 1.10. The van der Waals surface area contributed by atoms with Gasteiger partial charge in [0, 0.05) is 13.1 Å². The predicted molar refractivity (Wildman–Crippen MR) is 34.4 cm³/mol. The van der Waals surface area contributed by atoms with Crippen LogP contribution in [0.15, 0.2) is 0 Å². The summed E-state index contributed by atoms with van der Waals surface area (Å²) in [7, 11) is 0. The van der Waals surface area contributed by atoms with E-state index in [0.717, 1.165) is 5.12 Å². The Balaban J connectivity index is 0. The summed E-state index contributed by atoms with van der Waals surface area (Å²) in [6, 6.07) is 0. The van der Waals surface area contributed by atoms with E-state index in [1.165, 1.54) is 0 Å². The highest BCUT2D eigenvalue weighted by Crippen LogP contribution is 1.81. The van der Waals surface area contributed by atoms with Crippen molar-refractivity contribution in [3.05, 3.63) is 0 Å². The summed E-state index contributed by atoms with van der Waals surface area (Å²) in [5.41, 5.74) is 0. The second-order valence-corrected chi connectivity index (χ2v) is 1.10. The molecule has 0 aliphatic heterocycles. The molecule has 0 fully saturated rings. The molecule has 1 nitrogen and oxygen atoms in total. The fourth-order valence-electron chi connectivity index (χ4n) is 0.224. The summed E-state index contributed by atoms with van der Waals surface area (Å²) in [4.78, 5) is 0. The van der Waals surface area contributed by atoms with Crippen LogP contribution < -0.4 is 0 Å². The molecule has 0 heterocycles. The van der Waals surface area contributed by atoms with E-state index in [9.17, 15) is 4.48 Å². The van der Waals surface area contributed by atoms with Crippen LogP contribution in [0.5, 0.6) is 0 Å². The molecule has 3 heteroatoms. The van der Waals surface area contributed by atoms with Crippen LogP contribution in [0.1, 0.15) is 13.8 Å². The molecule has 7 heavy (non-hydrogen) atoms. The van der Waals surface area contributed by atoms with Crippen LogP contribution in [0.3, 0.4) is 0 Å². The molecule has 0 aromatic rings. The van der Waals surface area contributed by atoms with E-state index in [-0.39, 0.29) is 13.5 Å².